The monoisotopic (exact) mass is 366 g/mol. The van der Waals surface area contributed by atoms with Gasteiger partial charge in [0.1, 0.15) is 5.76 Å². The predicted molar refractivity (Wildman–Crippen MR) is 105 cm³/mol. The van der Waals surface area contributed by atoms with Gasteiger partial charge in [-0.1, -0.05) is 32.2 Å². The molecule has 0 bridgehead atoms. The van der Waals surface area contributed by atoms with Crippen molar-refractivity contribution in [1.29, 1.82) is 0 Å². The van der Waals surface area contributed by atoms with Gasteiger partial charge in [0.25, 0.3) is 0 Å². The summed E-state index contributed by atoms with van der Waals surface area (Å²) in [6.45, 7) is 13.3. The minimum absolute atomic E-state index is 0.0750. The Morgan fingerprint density at radius 1 is 1.19 bits per heavy atom. The summed E-state index contributed by atoms with van der Waals surface area (Å²) in [6, 6.07) is 0. The second kappa shape index (κ2) is 13.4. The molecule has 148 valence electrons. The molecule has 0 rings (SSSR count). The van der Waals surface area contributed by atoms with Crippen LogP contribution in [-0.2, 0) is 14.3 Å². The third-order valence-electron chi connectivity index (χ3n) is 4.42. The van der Waals surface area contributed by atoms with Gasteiger partial charge in [-0.25, -0.2) is 4.79 Å². The first-order valence-corrected chi connectivity index (χ1v) is 9.05. The van der Waals surface area contributed by atoms with Gasteiger partial charge in [0.15, 0.2) is 0 Å². The van der Waals surface area contributed by atoms with Crippen LogP contribution in [0.1, 0.15) is 46.5 Å². The normalized spacial score (nSPS) is 12.7. The Bertz CT molecular complexity index is 504. The Balaban J connectivity index is 4.65. The van der Waals surface area contributed by atoms with Crippen molar-refractivity contribution in [2.24, 2.45) is 5.41 Å². The first-order valence-electron chi connectivity index (χ1n) is 9.05. The van der Waals surface area contributed by atoms with Crippen molar-refractivity contribution in [3.8, 4) is 0 Å². The number of carbonyl (C=O) groups is 1. The Morgan fingerprint density at radius 2 is 1.85 bits per heavy atom. The molecule has 2 N–H and O–H groups in total. The van der Waals surface area contributed by atoms with E-state index >= 15 is 0 Å². The molecule has 0 radical (unpaired) electrons. The maximum absolute atomic E-state index is 11.4. The van der Waals surface area contributed by atoms with E-state index in [-0.39, 0.29) is 19.2 Å². The van der Waals surface area contributed by atoms with Crippen molar-refractivity contribution < 1.29 is 24.5 Å². The number of carbonyl (C=O) groups excluding carboxylic acids is 1. The molecule has 0 aliphatic carbocycles. The lowest BCUT2D eigenvalue weighted by Gasteiger charge is -2.28. The average Bonchev–Trinajstić information content (AvgIpc) is 2.65. The number of rotatable bonds is 14. The highest BCUT2D eigenvalue weighted by Gasteiger charge is 2.26. The summed E-state index contributed by atoms with van der Waals surface area (Å²) in [6.07, 6.45) is 8.00. The second-order valence-corrected chi connectivity index (χ2v) is 6.37. The van der Waals surface area contributed by atoms with Crippen LogP contribution in [0, 0.1) is 5.41 Å². The highest BCUT2D eigenvalue weighted by Crippen LogP contribution is 2.26. The van der Waals surface area contributed by atoms with Gasteiger partial charge in [-0.05, 0) is 51.2 Å². The van der Waals surface area contributed by atoms with Gasteiger partial charge in [-0.2, -0.15) is 0 Å². The van der Waals surface area contributed by atoms with Crippen molar-refractivity contribution in [1.82, 2.24) is 0 Å². The van der Waals surface area contributed by atoms with Crippen molar-refractivity contribution in [3.63, 3.8) is 0 Å². The Morgan fingerprint density at radius 3 is 2.31 bits per heavy atom. The van der Waals surface area contributed by atoms with Gasteiger partial charge in [0, 0.05) is 11.0 Å². The molecule has 0 unspecified atom stereocenters. The summed E-state index contributed by atoms with van der Waals surface area (Å²) in [5.41, 5.74) is 0.858. The average molecular weight is 366 g/mol. The van der Waals surface area contributed by atoms with Gasteiger partial charge in [-0.3, -0.25) is 0 Å². The Labute approximate surface area is 157 Å². The lowest BCUT2D eigenvalue weighted by atomic mass is 9.84. The van der Waals surface area contributed by atoms with Crippen LogP contribution < -0.4 is 0 Å². The third-order valence-corrected chi connectivity index (χ3v) is 4.42. The number of ether oxygens (including phenoxy) is 2. The molecule has 0 fully saturated rings. The van der Waals surface area contributed by atoms with Crippen LogP contribution in [0.5, 0.6) is 0 Å². The molecule has 0 saturated heterocycles. The van der Waals surface area contributed by atoms with Crippen LogP contribution in [0.4, 0.5) is 0 Å². The molecular formula is C21H34O5. The summed E-state index contributed by atoms with van der Waals surface area (Å²) in [7, 11) is 0. The van der Waals surface area contributed by atoms with Crippen LogP contribution in [0.15, 0.2) is 48.3 Å². The largest absolute Gasteiger partial charge is 0.493 e. The molecule has 0 aromatic carbocycles. The summed E-state index contributed by atoms with van der Waals surface area (Å²) < 4.78 is 11.0. The van der Waals surface area contributed by atoms with E-state index in [9.17, 15) is 15.0 Å². The number of aliphatic hydroxyl groups excluding tert-OH is 2. The highest BCUT2D eigenvalue weighted by molar-refractivity contribution is 5.86. The number of allylic oxidation sites excluding steroid dienone is 4. The van der Waals surface area contributed by atoms with Crippen LogP contribution in [0.25, 0.3) is 0 Å². The lowest BCUT2D eigenvalue weighted by molar-refractivity contribution is -0.139. The fourth-order valence-corrected chi connectivity index (χ4v) is 2.30. The Hall–Kier alpha value is -1.85. The summed E-state index contributed by atoms with van der Waals surface area (Å²) in [5.74, 6) is 0.323. The van der Waals surface area contributed by atoms with Crippen molar-refractivity contribution in [3.05, 3.63) is 48.3 Å². The number of esters is 1. The number of aliphatic hydroxyl groups is 2. The fourth-order valence-electron chi connectivity index (χ4n) is 2.30. The van der Waals surface area contributed by atoms with Crippen LogP contribution in [0.2, 0.25) is 0 Å². The second-order valence-electron chi connectivity index (χ2n) is 6.37. The molecule has 26 heavy (non-hydrogen) atoms. The zero-order chi connectivity index (χ0) is 20.0. The number of hydrogen-bond acceptors (Lipinski definition) is 5. The van der Waals surface area contributed by atoms with Crippen molar-refractivity contribution in [2.45, 2.75) is 46.5 Å². The molecule has 0 heterocycles. The standard InChI is InChI=1S/C21H34O5/c1-6-10-19(25-14-12-21(8-3,15-22)16-23)18(7-2)11-9-13-26-20(24)17(4)5/h6-7,10,22-23H,1,4,8-9,11-16H2,2-3,5H3/b18-7-,19-10+. The van der Waals surface area contributed by atoms with Crippen LogP contribution in [0.3, 0.4) is 0 Å². The SMILES string of the molecule is C=C/C=C(OCCC(CC)(CO)CO)\C(=C/C)CCCOC(=O)C(=C)C. The van der Waals surface area contributed by atoms with Gasteiger partial charge >= 0.3 is 5.97 Å². The van der Waals surface area contributed by atoms with E-state index in [0.717, 1.165) is 5.57 Å². The van der Waals surface area contributed by atoms with E-state index < -0.39 is 5.41 Å². The minimum Gasteiger partial charge on any atom is -0.493 e. The summed E-state index contributed by atoms with van der Waals surface area (Å²) in [5, 5.41) is 19.0. The molecule has 0 aliphatic rings. The molecule has 0 atom stereocenters. The minimum atomic E-state index is -0.522. The molecule has 0 aromatic heterocycles. The predicted octanol–water partition coefficient (Wildman–Crippen LogP) is 3.69. The van der Waals surface area contributed by atoms with Crippen molar-refractivity contribution in [2.75, 3.05) is 26.4 Å². The quantitative estimate of drug-likeness (QED) is 0.161. The molecule has 5 nitrogen and oxygen atoms in total. The van der Waals surface area contributed by atoms with E-state index in [1.807, 2.05) is 19.9 Å². The molecular weight excluding hydrogens is 332 g/mol. The first-order chi connectivity index (χ1) is 12.4. The highest BCUT2D eigenvalue weighted by atomic mass is 16.5. The Kier molecular flexibility index (Phi) is 12.4. The zero-order valence-electron chi connectivity index (χ0n) is 16.4. The summed E-state index contributed by atoms with van der Waals surface area (Å²) >= 11 is 0. The molecule has 0 amide bonds. The maximum Gasteiger partial charge on any atom is 0.333 e. The third kappa shape index (κ3) is 8.50. The first kappa shape index (κ1) is 24.1. The fraction of sp³-hybridized carbons (Fsp3) is 0.571. The number of hydrogen-bond donors (Lipinski definition) is 2. The lowest BCUT2D eigenvalue weighted by Crippen LogP contribution is -2.30. The molecule has 0 spiro atoms. The maximum atomic E-state index is 11.4. The zero-order valence-corrected chi connectivity index (χ0v) is 16.4. The van der Waals surface area contributed by atoms with Crippen LogP contribution >= 0.6 is 0 Å². The van der Waals surface area contributed by atoms with Gasteiger partial charge < -0.3 is 19.7 Å². The van der Waals surface area contributed by atoms with E-state index in [4.69, 9.17) is 9.47 Å². The van der Waals surface area contributed by atoms with Gasteiger partial charge in [-0.15, -0.1) is 0 Å². The van der Waals surface area contributed by atoms with Gasteiger partial charge in [0.05, 0.1) is 26.4 Å². The molecule has 0 aromatic rings. The summed E-state index contributed by atoms with van der Waals surface area (Å²) in [4.78, 5) is 11.4. The van der Waals surface area contributed by atoms with E-state index in [2.05, 4.69) is 13.2 Å². The molecule has 0 aliphatic heterocycles. The van der Waals surface area contributed by atoms with Crippen molar-refractivity contribution >= 4 is 5.97 Å². The van der Waals surface area contributed by atoms with E-state index in [1.165, 1.54) is 0 Å². The van der Waals surface area contributed by atoms with Crippen LogP contribution in [-0.4, -0.2) is 42.6 Å². The van der Waals surface area contributed by atoms with E-state index in [1.54, 1.807) is 19.1 Å². The molecule has 5 heteroatoms. The molecule has 0 saturated carbocycles. The van der Waals surface area contributed by atoms with Gasteiger partial charge in [0.2, 0.25) is 0 Å². The smallest absolute Gasteiger partial charge is 0.333 e. The topological polar surface area (TPSA) is 76.0 Å². The van der Waals surface area contributed by atoms with E-state index in [0.29, 0.717) is 50.2 Å².